The second-order valence-corrected chi connectivity index (χ2v) is 5.65. The predicted octanol–water partition coefficient (Wildman–Crippen LogP) is 2.05. The molecular weight excluding hydrogens is 255 g/mol. The molecular formula is C16H19FN2O. The molecule has 1 saturated carbocycles. The Balaban J connectivity index is 2.24. The van der Waals surface area contributed by atoms with E-state index >= 15 is 0 Å². The number of halogens is 1. The Morgan fingerprint density at radius 1 is 1.50 bits per heavy atom. The van der Waals surface area contributed by atoms with Crippen molar-refractivity contribution < 1.29 is 9.18 Å². The van der Waals surface area contributed by atoms with Gasteiger partial charge in [0.2, 0.25) is 0 Å². The van der Waals surface area contributed by atoms with Crippen LogP contribution in [0.25, 0.3) is 0 Å². The van der Waals surface area contributed by atoms with Gasteiger partial charge in [0, 0.05) is 11.1 Å². The normalized spacial score (nSPS) is 14.4. The Morgan fingerprint density at radius 3 is 2.80 bits per heavy atom. The number of nitrogens with two attached hydrogens (primary N) is 1. The predicted molar refractivity (Wildman–Crippen MR) is 76.6 cm³/mol. The van der Waals surface area contributed by atoms with Crippen molar-refractivity contribution in [2.24, 2.45) is 11.7 Å². The molecule has 0 aromatic heterocycles. The lowest BCUT2D eigenvalue weighted by molar-refractivity contribution is 0.0903. The van der Waals surface area contributed by atoms with E-state index in [0.29, 0.717) is 17.0 Å². The molecule has 0 radical (unpaired) electrons. The van der Waals surface area contributed by atoms with Crippen LogP contribution in [0.5, 0.6) is 0 Å². The van der Waals surface area contributed by atoms with Crippen LogP contribution < -0.4 is 11.1 Å². The van der Waals surface area contributed by atoms with Gasteiger partial charge >= 0.3 is 0 Å². The van der Waals surface area contributed by atoms with Gasteiger partial charge in [-0.05, 0) is 50.8 Å². The van der Waals surface area contributed by atoms with Crippen molar-refractivity contribution in [2.45, 2.75) is 32.2 Å². The minimum absolute atomic E-state index is 0.172. The molecule has 106 valence electrons. The van der Waals surface area contributed by atoms with E-state index in [1.807, 2.05) is 13.8 Å². The minimum Gasteiger partial charge on any atom is -0.347 e. The zero-order valence-corrected chi connectivity index (χ0v) is 11.8. The van der Waals surface area contributed by atoms with Crippen molar-refractivity contribution in [3.8, 4) is 11.8 Å². The first-order chi connectivity index (χ1) is 9.44. The highest BCUT2D eigenvalue weighted by Crippen LogP contribution is 2.39. The molecule has 3 nitrogen and oxygen atoms in total. The molecule has 0 aliphatic heterocycles. The zero-order valence-electron chi connectivity index (χ0n) is 11.8. The number of rotatable bonds is 3. The molecule has 1 aromatic rings. The smallest absolute Gasteiger partial charge is 0.252 e. The van der Waals surface area contributed by atoms with Crippen LogP contribution in [-0.2, 0) is 0 Å². The number of hydrogen-bond acceptors (Lipinski definition) is 2. The van der Waals surface area contributed by atoms with Crippen LogP contribution in [0.1, 0.15) is 42.6 Å². The first-order valence-corrected chi connectivity index (χ1v) is 6.75. The number of carbonyl (C=O) groups is 1. The summed E-state index contributed by atoms with van der Waals surface area (Å²) in [6.45, 7) is 4.19. The van der Waals surface area contributed by atoms with Gasteiger partial charge in [-0.3, -0.25) is 4.79 Å². The summed E-state index contributed by atoms with van der Waals surface area (Å²) in [6.07, 6.45) is 2.27. The van der Waals surface area contributed by atoms with Crippen molar-refractivity contribution in [2.75, 3.05) is 6.54 Å². The van der Waals surface area contributed by atoms with E-state index in [9.17, 15) is 9.18 Å². The Bertz CT molecular complexity index is 580. The molecule has 1 aliphatic rings. The summed E-state index contributed by atoms with van der Waals surface area (Å²) in [5, 5.41) is 3.01. The molecule has 1 aliphatic carbocycles. The van der Waals surface area contributed by atoms with Gasteiger partial charge in [-0.25, -0.2) is 4.39 Å². The maximum absolute atomic E-state index is 13.3. The Kier molecular flexibility index (Phi) is 4.10. The van der Waals surface area contributed by atoms with Crippen molar-refractivity contribution in [3.05, 3.63) is 35.1 Å². The number of carbonyl (C=O) groups excluding carboxylic acids is 1. The summed E-state index contributed by atoms with van der Waals surface area (Å²) in [5.74, 6) is 5.29. The first kappa shape index (κ1) is 14.5. The van der Waals surface area contributed by atoms with Crippen LogP contribution in [0, 0.1) is 23.6 Å². The third kappa shape index (κ3) is 3.37. The first-order valence-electron chi connectivity index (χ1n) is 6.75. The third-order valence-electron chi connectivity index (χ3n) is 3.59. The number of nitrogens with one attached hydrogen (secondary N) is 1. The van der Waals surface area contributed by atoms with E-state index in [4.69, 9.17) is 5.73 Å². The summed E-state index contributed by atoms with van der Waals surface area (Å²) in [4.78, 5) is 12.4. The van der Waals surface area contributed by atoms with Crippen LogP contribution in [-0.4, -0.2) is 18.0 Å². The molecule has 20 heavy (non-hydrogen) atoms. The molecule has 0 saturated heterocycles. The highest BCUT2D eigenvalue weighted by molar-refractivity contribution is 5.97. The lowest BCUT2D eigenvalue weighted by atomic mass is 9.97. The van der Waals surface area contributed by atoms with Crippen LogP contribution in [0.3, 0.4) is 0 Å². The van der Waals surface area contributed by atoms with E-state index < -0.39 is 5.82 Å². The molecule has 1 fully saturated rings. The highest BCUT2D eigenvalue weighted by atomic mass is 19.1. The second kappa shape index (κ2) is 5.64. The molecule has 1 amide bonds. The van der Waals surface area contributed by atoms with Crippen LogP contribution in [0.4, 0.5) is 4.39 Å². The summed E-state index contributed by atoms with van der Waals surface area (Å²) >= 11 is 0. The van der Waals surface area contributed by atoms with Gasteiger partial charge in [-0.15, -0.1) is 0 Å². The molecule has 2 rings (SSSR count). The van der Waals surface area contributed by atoms with Gasteiger partial charge in [0.15, 0.2) is 0 Å². The molecule has 3 N–H and O–H groups in total. The van der Waals surface area contributed by atoms with Gasteiger partial charge in [0.05, 0.1) is 12.1 Å². The maximum atomic E-state index is 13.3. The summed E-state index contributed by atoms with van der Waals surface area (Å²) in [5.41, 5.74) is 5.84. The molecule has 0 bridgehead atoms. The third-order valence-corrected chi connectivity index (χ3v) is 3.59. The second-order valence-electron chi connectivity index (χ2n) is 5.65. The number of hydrogen-bond donors (Lipinski definition) is 2. The van der Waals surface area contributed by atoms with Crippen LogP contribution in [0.15, 0.2) is 18.2 Å². The summed E-state index contributed by atoms with van der Waals surface area (Å²) < 4.78 is 13.3. The largest absolute Gasteiger partial charge is 0.347 e. The van der Waals surface area contributed by atoms with Gasteiger partial charge in [-0.2, -0.15) is 0 Å². The van der Waals surface area contributed by atoms with Gasteiger partial charge in [0.1, 0.15) is 5.82 Å². The quantitative estimate of drug-likeness (QED) is 0.829. The van der Waals surface area contributed by atoms with Crippen molar-refractivity contribution in [1.82, 2.24) is 5.32 Å². The topological polar surface area (TPSA) is 55.1 Å². The van der Waals surface area contributed by atoms with Crippen molar-refractivity contribution in [1.29, 1.82) is 0 Å². The maximum Gasteiger partial charge on any atom is 0.252 e. The van der Waals surface area contributed by atoms with Gasteiger partial charge in [-0.1, -0.05) is 11.8 Å². The molecule has 0 heterocycles. The molecule has 1 aromatic carbocycles. The number of benzene rings is 1. The molecule has 0 unspecified atom stereocenters. The molecule has 4 heteroatoms. The van der Waals surface area contributed by atoms with Gasteiger partial charge in [0.25, 0.3) is 5.91 Å². The fourth-order valence-corrected chi connectivity index (χ4v) is 2.23. The van der Waals surface area contributed by atoms with Crippen LogP contribution in [0.2, 0.25) is 0 Å². The SMILES string of the molecule is CC(C)(NC(=O)c1ccc(F)cc1C#CCN)C1CC1. The standard InChI is InChI=1S/C16H19FN2O/c1-16(2,12-5-6-12)19-15(20)14-8-7-13(17)10-11(14)4-3-9-18/h7-8,10,12H,5-6,9,18H2,1-2H3,(H,19,20). The molecule has 0 atom stereocenters. The van der Waals surface area contributed by atoms with E-state index in [0.717, 1.165) is 12.8 Å². The van der Waals surface area contributed by atoms with Crippen LogP contribution >= 0.6 is 0 Å². The lowest BCUT2D eigenvalue weighted by Crippen LogP contribution is -2.45. The molecule has 0 spiro atoms. The summed E-state index contributed by atoms with van der Waals surface area (Å²) in [6, 6.07) is 4.00. The highest BCUT2D eigenvalue weighted by Gasteiger charge is 2.39. The number of amides is 1. The summed E-state index contributed by atoms with van der Waals surface area (Å²) in [7, 11) is 0. The Labute approximate surface area is 118 Å². The Hall–Kier alpha value is -1.86. The van der Waals surface area contributed by atoms with Crippen molar-refractivity contribution >= 4 is 5.91 Å². The van der Waals surface area contributed by atoms with E-state index in [1.165, 1.54) is 18.2 Å². The zero-order chi connectivity index (χ0) is 14.8. The minimum atomic E-state index is -0.413. The van der Waals surface area contributed by atoms with Gasteiger partial charge < -0.3 is 11.1 Å². The lowest BCUT2D eigenvalue weighted by Gasteiger charge is -2.26. The van der Waals surface area contributed by atoms with E-state index in [1.54, 1.807) is 0 Å². The van der Waals surface area contributed by atoms with E-state index in [2.05, 4.69) is 17.2 Å². The fraction of sp³-hybridized carbons (Fsp3) is 0.438. The fourth-order valence-electron chi connectivity index (χ4n) is 2.23. The monoisotopic (exact) mass is 274 g/mol. The average molecular weight is 274 g/mol. The average Bonchev–Trinajstić information content (AvgIpc) is 3.20. The van der Waals surface area contributed by atoms with E-state index in [-0.39, 0.29) is 18.0 Å². The Morgan fingerprint density at radius 2 is 2.20 bits per heavy atom. The van der Waals surface area contributed by atoms with Crippen molar-refractivity contribution in [3.63, 3.8) is 0 Å².